The summed E-state index contributed by atoms with van der Waals surface area (Å²) in [7, 11) is 1.24. The quantitative estimate of drug-likeness (QED) is 0.619. The SMILES string of the molecule is Nc1cccc(O[B]Oc2cccc(N)c2)c1.O. The predicted molar refractivity (Wildman–Crippen MR) is 72.3 cm³/mol. The molecule has 0 heterocycles. The number of nitrogens with two attached hydrogens (primary N) is 2. The fraction of sp³-hybridized carbons (Fsp3) is 0. The Morgan fingerprint density at radius 1 is 0.778 bits per heavy atom. The van der Waals surface area contributed by atoms with E-state index < -0.39 is 0 Å². The first-order chi connectivity index (χ1) is 8.24. The van der Waals surface area contributed by atoms with Crippen LogP contribution >= 0.6 is 0 Å². The van der Waals surface area contributed by atoms with E-state index >= 15 is 0 Å². The summed E-state index contributed by atoms with van der Waals surface area (Å²) in [5.41, 5.74) is 12.5. The molecule has 0 aliphatic rings. The van der Waals surface area contributed by atoms with Gasteiger partial charge in [-0.3, -0.25) is 0 Å². The van der Waals surface area contributed by atoms with Crippen molar-refractivity contribution in [1.82, 2.24) is 0 Å². The first-order valence-corrected chi connectivity index (χ1v) is 5.10. The van der Waals surface area contributed by atoms with E-state index in [1.54, 1.807) is 48.5 Å². The second kappa shape index (κ2) is 6.41. The maximum Gasteiger partial charge on any atom is 0.658 e. The van der Waals surface area contributed by atoms with Crippen LogP contribution in [0.25, 0.3) is 0 Å². The van der Waals surface area contributed by atoms with Crippen LogP contribution in [0.3, 0.4) is 0 Å². The Bertz CT molecular complexity index is 463. The number of rotatable bonds is 4. The standard InChI is InChI=1S/C12H12BN2O2.H2O/c14-9-3-1-5-11(7-9)16-13-17-12-6-2-4-10(15)8-12;/h1-8H,14-15H2;1H2. The van der Waals surface area contributed by atoms with Crippen LogP contribution in [-0.4, -0.2) is 13.2 Å². The molecule has 0 aliphatic heterocycles. The minimum Gasteiger partial charge on any atom is -0.526 e. The van der Waals surface area contributed by atoms with Gasteiger partial charge < -0.3 is 26.3 Å². The first-order valence-electron chi connectivity index (χ1n) is 5.10. The maximum atomic E-state index is 5.61. The smallest absolute Gasteiger partial charge is 0.526 e. The zero-order valence-corrected chi connectivity index (χ0v) is 9.67. The Hall–Kier alpha value is -2.34. The Balaban J connectivity index is 0.00000162. The molecule has 0 spiro atoms. The molecule has 6 N–H and O–H groups in total. The van der Waals surface area contributed by atoms with Crippen molar-refractivity contribution < 1.29 is 14.8 Å². The number of benzene rings is 2. The van der Waals surface area contributed by atoms with Crippen molar-refractivity contribution in [1.29, 1.82) is 0 Å². The summed E-state index contributed by atoms with van der Waals surface area (Å²) < 4.78 is 10.5. The second-order valence-corrected chi connectivity index (χ2v) is 3.48. The molecule has 5 nitrogen and oxygen atoms in total. The van der Waals surface area contributed by atoms with Crippen LogP contribution in [0.4, 0.5) is 11.4 Å². The van der Waals surface area contributed by atoms with Crippen molar-refractivity contribution in [2.75, 3.05) is 11.5 Å². The molecule has 0 fully saturated rings. The monoisotopic (exact) mass is 245 g/mol. The minimum atomic E-state index is 0. The first kappa shape index (κ1) is 13.7. The number of anilines is 2. The summed E-state index contributed by atoms with van der Waals surface area (Å²) in [5, 5.41) is 0. The second-order valence-electron chi connectivity index (χ2n) is 3.48. The van der Waals surface area contributed by atoms with Crippen molar-refractivity contribution in [3.63, 3.8) is 0 Å². The highest BCUT2D eigenvalue weighted by molar-refractivity contribution is 6.20. The normalized spacial score (nSPS) is 9.11. The summed E-state index contributed by atoms with van der Waals surface area (Å²) in [4.78, 5) is 0. The molecular weight excluding hydrogens is 231 g/mol. The molecule has 0 amide bonds. The number of hydrogen-bond acceptors (Lipinski definition) is 4. The molecule has 0 aliphatic carbocycles. The Morgan fingerprint density at radius 3 is 1.61 bits per heavy atom. The molecule has 2 rings (SSSR count). The van der Waals surface area contributed by atoms with Crippen molar-refractivity contribution >= 4 is 19.1 Å². The van der Waals surface area contributed by atoms with Crippen LogP contribution in [-0.2, 0) is 0 Å². The van der Waals surface area contributed by atoms with Gasteiger partial charge in [0.2, 0.25) is 0 Å². The topological polar surface area (TPSA) is 102 Å². The van der Waals surface area contributed by atoms with Gasteiger partial charge in [-0.15, -0.1) is 0 Å². The van der Waals surface area contributed by atoms with Crippen LogP contribution in [0.1, 0.15) is 0 Å². The van der Waals surface area contributed by atoms with Crippen LogP contribution < -0.4 is 20.8 Å². The highest BCUT2D eigenvalue weighted by atomic mass is 16.6. The van der Waals surface area contributed by atoms with Gasteiger partial charge >= 0.3 is 7.69 Å². The minimum absolute atomic E-state index is 0. The Morgan fingerprint density at radius 2 is 1.22 bits per heavy atom. The van der Waals surface area contributed by atoms with Gasteiger partial charge in [0.15, 0.2) is 0 Å². The van der Waals surface area contributed by atoms with Gasteiger partial charge in [0.25, 0.3) is 0 Å². The van der Waals surface area contributed by atoms with E-state index in [0.29, 0.717) is 22.9 Å². The molecular formula is C12H14BN2O3. The van der Waals surface area contributed by atoms with Crippen molar-refractivity contribution in [3.05, 3.63) is 48.5 Å². The van der Waals surface area contributed by atoms with Gasteiger partial charge in [0, 0.05) is 23.5 Å². The molecule has 0 unspecified atom stereocenters. The summed E-state index contributed by atoms with van der Waals surface area (Å²) in [5.74, 6) is 1.24. The van der Waals surface area contributed by atoms with E-state index in [2.05, 4.69) is 0 Å². The van der Waals surface area contributed by atoms with E-state index in [9.17, 15) is 0 Å². The van der Waals surface area contributed by atoms with Crippen molar-refractivity contribution in [2.45, 2.75) is 0 Å². The van der Waals surface area contributed by atoms with E-state index in [1.165, 1.54) is 7.69 Å². The van der Waals surface area contributed by atoms with E-state index in [0.717, 1.165) is 0 Å². The average Bonchev–Trinajstić information content (AvgIpc) is 2.29. The van der Waals surface area contributed by atoms with Crippen molar-refractivity contribution in [3.8, 4) is 11.5 Å². The van der Waals surface area contributed by atoms with Gasteiger partial charge in [-0.2, -0.15) is 0 Å². The number of nitrogen functional groups attached to an aromatic ring is 2. The molecule has 0 atom stereocenters. The average molecular weight is 245 g/mol. The van der Waals surface area contributed by atoms with Crippen LogP contribution in [0.5, 0.6) is 11.5 Å². The third-order valence-electron chi connectivity index (χ3n) is 2.08. The molecule has 2 aromatic rings. The zero-order valence-electron chi connectivity index (χ0n) is 9.67. The zero-order chi connectivity index (χ0) is 12.1. The highest BCUT2D eigenvalue weighted by Crippen LogP contribution is 2.16. The van der Waals surface area contributed by atoms with Gasteiger partial charge in [0.1, 0.15) is 11.5 Å². The molecule has 18 heavy (non-hydrogen) atoms. The Kier molecular flexibility index (Phi) is 4.89. The lowest BCUT2D eigenvalue weighted by atomic mass is 10.2. The molecule has 0 saturated heterocycles. The number of hydrogen-bond donors (Lipinski definition) is 2. The lowest BCUT2D eigenvalue weighted by Gasteiger charge is -2.07. The summed E-state index contributed by atoms with van der Waals surface area (Å²) in [6.45, 7) is 0. The fourth-order valence-corrected chi connectivity index (χ4v) is 1.31. The molecule has 6 heteroatoms. The van der Waals surface area contributed by atoms with Crippen LogP contribution in [0.2, 0.25) is 0 Å². The van der Waals surface area contributed by atoms with Gasteiger partial charge in [-0.1, -0.05) is 12.1 Å². The van der Waals surface area contributed by atoms with Crippen LogP contribution in [0, 0.1) is 0 Å². The van der Waals surface area contributed by atoms with Gasteiger partial charge in [0.05, 0.1) is 0 Å². The highest BCUT2D eigenvalue weighted by Gasteiger charge is 2.01. The molecule has 0 saturated carbocycles. The lowest BCUT2D eigenvalue weighted by Crippen LogP contribution is -2.11. The largest absolute Gasteiger partial charge is 0.658 e. The predicted octanol–water partition coefficient (Wildman–Crippen LogP) is 1.02. The summed E-state index contributed by atoms with van der Waals surface area (Å²) in [6.07, 6.45) is 0. The lowest BCUT2D eigenvalue weighted by molar-refractivity contribution is 0.459. The van der Waals surface area contributed by atoms with Crippen molar-refractivity contribution in [2.24, 2.45) is 0 Å². The van der Waals surface area contributed by atoms with E-state index in [-0.39, 0.29) is 5.48 Å². The fourth-order valence-electron chi connectivity index (χ4n) is 1.31. The third-order valence-corrected chi connectivity index (χ3v) is 2.08. The van der Waals surface area contributed by atoms with Gasteiger partial charge in [-0.05, 0) is 24.3 Å². The molecule has 2 aromatic carbocycles. The third kappa shape index (κ3) is 3.91. The molecule has 0 aromatic heterocycles. The summed E-state index contributed by atoms with van der Waals surface area (Å²) in [6, 6.07) is 14.2. The molecule has 93 valence electrons. The maximum absolute atomic E-state index is 5.61. The molecule has 0 bridgehead atoms. The van der Waals surface area contributed by atoms with E-state index in [1.807, 2.05) is 0 Å². The molecule has 1 radical (unpaired) electrons. The van der Waals surface area contributed by atoms with Gasteiger partial charge in [-0.25, -0.2) is 0 Å². The Labute approximate surface area is 106 Å². The van der Waals surface area contributed by atoms with E-state index in [4.69, 9.17) is 20.8 Å². The van der Waals surface area contributed by atoms with Crippen LogP contribution in [0.15, 0.2) is 48.5 Å². The summed E-state index contributed by atoms with van der Waals surface area (Å²) >= 11 is 0.